The average Bonchev–Trinajstić information content (AvgIpc) is 2.16. The topological polar surface area (TPSA) is 52.6 Å². The van der Waals surface area contributed by atoms with Crippen molar-refractivity contribution in [2.24, 2.45) is 5.92 Å². The number of nitrogens with zero attached hydrogens (tertiary/aromatic N) is 1. The van der Waals surface area contributed by atoms with E-state index in [0.29, 0.717) is 18.4 Å². The number of hydrogen-bond acceptors (Lipinski definition) is 3. The average molecular weight is 230 g/mol. The lowest BCUT2D eigenvalue weighted by Crippen LogP contribution is -2.39. The minimum atomic E-state index is -0.771. The number of carboxylic acids is 1. The van der Waals surface area contributed by atoms with Gasteiger partial charge in [-0.2, -0.15) is 0 Å². The number of carbonyl (C=O) groups is 1. The molecule has 0 rings (SSSR count). The van der Waals surface area contributed by atoms with Crippen molar-refractivity contribution >= 4 is 5.97 Å². The standard InChI is InChI=1S/C12H26N2O2/c1-9(2)8-10(3)14(5)7-6-11(13-4)12(15)16/h9-11,13H,6-8H2,1-5H3,(H,15,16). The van der Waals surface area contributed by atoms with Gasteiger partial charge in [0.25, 0.3) is 0 Å². The lowest BCUT2D eigenvalue weighted by Gasteiger charge is -2.27. The van der Waals surface area contributed by atoms with Crippen LogP contribution >= 0.6 is 0 Å². The van der Waals surface area contributed by atoms with E-state index in [0.717, 1.165) is 13.0 Å². The fourth-order valence-electron chi connectivity index (χ4n) is 1.81. The molecular formula is C12H26N2O2. The largest absolute Gasteiger partial charge is 0.480 e. The Bertz CT molecular complexity index is 207. The van der Waals surface area contributed by atoms with Crippen LogP contribution in [-0.4, -0.2) is 48.7 Å². The maximum absolute atomic E-state index is 10.8. The summed E-state index contributed by atoms with van der Waals surface area (Å²) in [4.78, 5) is 13.0. The SMILES string of the molecule is CNC(CCN(C)C(C)CC(C)C)C(=O)O. The Morgan fingerprint density at radius 2 is 1.94 bits per heavy atom. The highest BCUT2D eigenvalue weighted by atomic mass is 16.4. The van der Waals surface area contributed by atoms with Gasteiger partial charge in [-0.1, -0.05) is 13.8 Å². The molecule has 0 aliphatic heterocycles. The van der Waals surface area contributed by atoms with Gasteiger partial charge in [0.2, 0.25) is 0 Å². The molecular weight excluding hydrogens is 204 g/mol. The normalized spacial score (nSPS) is 15.4. The van der Waals surface area contributed by atoms with E-state index in [1.54, 1.807) is 7.05 Å². The first kappa shape index (κ1) is 15.4. The summed E-state index contributed by atoms with van der Waals surface area (Å²) in [5, 5.41) is 11.7. The van der Waals surface area contributed by atoms with Crippen LogP contribution in [0.1, 0.15) is 33.6 Å². The minimum absolute atomic E-state index is 0.436. The highest BCUT2D eigenvalue weighted by molar-refractivity contribution is 5.73. The molecule has 0 saturated carbocycles. The summed E-state index contributed by atoms with van der Waals surface area (Å²) in [6.07, 6.45) is 1.79. The second-order valence-electron chi connectivity index (χ2n) is 4.93. The molecule has 0 saturated heterocycles. The summed E-state index contributed by atoms with van der Waals surface area (Å²) in [6, 6.07) is 0.0694. The smallest absolute Gasteiger partial charge is 0.320 e. The van der Waals surface area contributed by atoms with Crippen molar-refractivity contribution < 1.29 is 9.90 Å². The van der Waals surface area contributed by atoms with Gasteiger partial charge in [0.05, 0.1) is 0 Å². The second kappa shape index (κ2) is 7.63. The van der Waals surface area contributed by atoms with Gasteiger partial charge in [0.1, 0.15) is 6.04 Å². The first-order valence-corrected chi connectivity index (χ1v) is 5.98. The zero-order chi connectivity index (χ0) is 12.7. The molecule has 0 spiro atoms. The molecule has 0 radical (unpaired) electrons. The summed E-state index contributed by atoms with van der Waals surface area (Å²) < 4.78 is 0. The van der Waals surface area contributed by atoms with Crippen molar-refractivity contribution in [2.45, 2.75) is 45.7 Å². The van der Waals surface area contributed by atoms with Crippen molar-refractivity contribution in [3.05, 3.63) is 0 Å². The van der Waals surface area contributed by atoms with E-state index in [1.165, 1.54) is 0 Å². The zero-order valence-corrected chi connectivity index (χ0v) is 11.2. The van der Waals surface area contributed by atoms with Crippen LogP contribution in [0.25, 0.3) is 0 Å². The molecule has 0 aliphatic carbocycles. The van der Waals surface area contributed by atoms with E-state index in [9.17, 15) is 4.79 Å². The Morgan fingerprint density at radius 1 is 1.38 bits per heavy atom. The van der Waals surface area contributed by atoms with E-state index >= 15 is 0 Å². The summed E-state index contributed by atoms with van der Waals surface area (Å²) >= 11 is 0. The first-order valence-electron chi connectivity index (χ1n) is 5.98. The maximum Gasteiger partial charge on any atom is 0.320 e. The Kier molecular flexibility index (Phi) is 7.34. The number of rotatable bonds is 8. The van der Waals surface area contributed by atoms with Gasteiger partial charge in [-0.15, -0.1) is 0 Å². The Balaban J connectivity index is 3.95. The molecule has 2 unspecified atom stereocenters. The van der Waals surface area contributed by atoms with Crippen LogP contribution in [0, 0.1) is 5.92 Å². The van der Waals surface area contributed by atoms with Gasteiger partial charge in [0, 0.05) is 12.6 Å². The third kappa shape index (κ3) is 6.08. The van der Waals surface area contributed by atoms with E-state index in [2.05, 4.69) is 38.0 Å². The van der Waals surface area contributed by atoms with Crippen LogP contribution in [-0.2, 0) is 4.79 Å². The van der Waals surface area contributed by atoms with Crippen molar-refractivity contribution in [1.29, 1.82) is 0 Å². The number of nitrogens with one attached hydrogen (secondary N) is 1. The van der Waals surface area contributed by atoms with Gasteiger partial charge in [-0.25, -0.2) is 0 Å². The molecule has 0 bridgehead atoms. The molecule has 96 valence electrons. The van der Waals surface area contributed by atoms with Crippen LogP contribution in [0.5, 0.6) is 0 Å². The Morgan fingerprint density at radius 3 is 2.31 bits per heavy atom. The molecule has 0 aliphatic rings. The molecule has 0 amide bonds. The monoisotopic (exact) mass is 230 g/mol. The van der Waals surface area contributed by atoms with Crippen molar-refractivity contribution in [1.82, 2.24) is 10.2 Å². The second-order valence-corrected chi connectivity index (χ2v) is 4.93. The van der Waals surface area contributed by atoms with Gasteiger partial charge >= 0.3 is 5.97 Å². The predicted molar refractivity (Wildman–Crippen MR) is 66.6 cm³/mol. The fourth-order valence-corrected chi connectivity index (χ4v) is 1.81. The third-order valence-corrected chi connectivity index (χ3v) is 2.98. The highest BCUT2D eigenvalue weighted by Crippen LogP contribution is 2.10. The molecule has 16 heavy (non-hydrogen) atoms. The number of hydrogen-bond donors (Lipinski definition) is 2. The summed E-state index contributed by atoms with van der Waals surface area (Å²) in [5.41, 5.74) is 0. The van der Waals surface area contributed by atoms with Crippen LogP contribution in [0.4, 0.5) is 0 Å². The third-order valence-electron chi connectivity index (χ3n) is 2.98. The molecule has 0 aromatic heterocycles. The molecule has 0 fully saturated rings. The highest BCUT2D eigenvalue weighted by Gasteiger charge is 2.17. The van der Waals surface area contributed by atoms with E-state index < -0.39 is 12.0 Å². The predicted octanol–water partition coefficient (Wildman–Crippen LogP) is 1.42. The van der Waals surface area contributed by atoms with E-state index in [-0.39, 0.29) is 0 Å². The van der Waals surface area contributed by atoms with Crippen molar-refractivity contribution in [3.63, 3.8) is 0 Å². The van der Waals surface area contributed by atoms with Crippen LogP contribution in [0.2, 0.25) is 0 Å². The summed E-state index contributed by atoms with van der Waals surface area (Å²) in [5.74, 6) is -0.0931. The molecule has 4 heteroatoms. The van der Waals surface area contributed by atoms with Gasteiger partial charge < -0.3 is 15.3 Å². The summed E-state index contributed by atoms with van der Waals surface area (Å²) in [7, 11) is 3.75. The van der Waals surface area contributed by atoms with Crippen LogP contribution < -0.4 is 5.32 Å². The molecule has 0 heterocycles. The lowest BCUT2D eigenvalue weighted by molar-refractivity contribution is -0.139. The Hall–Kier alpha value is -0.610. The van der Waals surface area contributed by atoms with Gasteiger partial charge in [-0.3, -0.25) is 4.79 Å². The quantitative estimate of drug-likeness (QED) is 0.662. The van der Waals surface area contributed by atoms with E-state index in [1.807, 2.05) is 0 Å². The van der Waals surface area contributed by atoms with Crippen LogP contribution in [0.15, 0.2) is 0 Å². The van der Waals surface area contributed by atoms with Gasteiger partial charge in [0.15, 0.2) is 0 Å². The van der Waals surface area contributed by atoms with Crippen LogP contribution in [0.3, 0.4) is 0 Å². The first-order chi connectivity index (χ1) is 7.38. The molecule has 2 atom stereocenters. The summed E-state index contributed by atoms with van der Waals surface area (Å²) in [6.45, 7) is 7.41. The lowest BCUT2D eigenvalue weighted by atomic mass is 10.0. The zero-order valence-electron chi connectivity index (χ0n) is 11.2. The maximum atomic E-state index is 10.8. The molecule has 4 nitrogen and oxygen atoms in total. The number of carboxylic acid groups (broad SMARTS) is 1. The molecule has 2 N–H and O–H groups in total. The fraction of sp³-hybridized carbons (Fsp3) is 0.917. The molecule has 0 aromatic rings. The van der Waals surface area contributed by atoms with Gasteiger partial charge in [-0.05, 0) is 39.8 Å². The number of aliphatic carboxylic acids is 1. The van der Waals surface area contributed by atoms with Crippen molar-refractivity contribution in [3.8, 4) is 0 Å². The van der Waals surface area contributed by atoms with Crippen molar-refractivity contribution in [2.75, 3.05) is 20.6 Å². The molecule has 0 aromatic carbocycles. The van der Waals surface area contributed by atoms with E-state index in [4.69, 9.17) is 5.11 Å². The Labute approximate surface area is 99.0 Å². The minimum Gasteiger partial charge on any atom is -0.480 e. The number of likely N-dealkylation sites (N-methyl/N-ethyl adjacent to an activating group) is 1.